The van der Waals surface area contributed by atoms with Gasteiger partial charge in [0.1, 0.15) is 0 Å². The maximum atomic E-state index is 12.4. The molecule has 3 rings (SSSR count). The summed E-state index contributed by atoms with van der Waals surface area (Å²) in [4.78, 5) is 15.3. The highest BCUT2D eigenvalue weighted by molar-refractivity contribution is 9.10. The molecule has 1 heterocycles. The van der Waals surface area contributed by atoms with Gasteiger partial charge in [0.15, 0.2) is 5.69 Å². The second-order valence-electron chi connectivity index (χ2n) is 7.39. The second-order valence-corrected chi connectivity index (χ2v) is 8.30. The summed E-state index contributed by atoms with van der Waals surface area (Å²) in [6, 6.07) is 12.6. The molecule has 1 aromatic heterocycles. The van der Waals surface area contributed by atoms with Gasteiger partial charge in [-0.1, -0.05) is 49.0 Å². The number of hydrogen-bond acceptors (Lipinski definition) is 4. The average molecular weight is 471 g/mol. The fraction of sp³-hybridized carbons (Fsp3) is 0.348. The molecule has 0 aliphatic carbocycles. The number of rotatable bonds is 9. The van der Waals surface area contributed by atoms with Crippen molar-refractivity contribution < 1.29 is 9.90 Å². The molecule has 0 spiro atoms. The summed E-state index contributed by atoms with van der Waals surface area (Å²) < 4.78 is 0.890. The van der Waals surface area contributed by atoms with Gasteiger partial charge in [0, 0.05) is 22.0 Å². The van der Waals surface area contributed by atoms with Crippen molar-refractivity contribution in [3.05, 3.63) is 52.5 Å². The number of nitrogens with zero attached hydrogens (tertiary/aromatic N) is 2. The quantitative estimate of drug-likeness (QED) is 0.293. The van der Waals surface area contributed by atoms with E-state index in [2.05, 4.69) is 50.3 Å². The molecule has 1 amide bonds. The van der Waals surface area contributed by atoms with Crippen LogP contribution in [0.5, 0.6) is 5.88 Å². The molecule has 2 aromatic carbocycles. The van der Waals surface area contributed by atoms with Gasteiger partial charge in [-0.25, -0.2) is 0 Å². The number of aromatic nitrogens is 1. The average Bonchev–Trinajstić information content (AvgIpc) is 3.06. The van der Waals surface area contributed by atoms with Crippen LogP contribution in [0.15, 0.2) is 57.2 Å². The van der Waals surface area contributed by atoms with E-state index >= 15 is 0 Å². The number of nitrogens with one attached hydrogen (secondary N) is 2. The summed E-state index contributed by atoms with van der Waals surface area (Å²) in [7, 11) is 0. The van der Waals surface area contributed by atoms with Crippen LogP contribution in [0.25, 0.3) is 10.9 Å². The van der Waals surface area contributed by atoms with Gasteiger partial charge in [0.05, 0.1) is 11.2 Å². The monoisotopic (exact) mass is 470 g/mol. The topological polar surface area (TPSA) is 89.8 Å². The molecule has 3 aromatic rings. The van der Waals surface area contributed by atoms with E-state index in [1.165, 1.54) is 12.8 Å². The molecule has 6 nitrogen and oxygen atoms in total. The van der Waals surface area contributed by atoms with E-state index in [1.807, 2.05) is 18.2 Å². The molecule has 0 aliphatic rings. The Morgan fingerprint density at radius 2 is 1.93 bits per heavy atom. The highest BCUT2D eigenvalue weighted by atomic mass is 79.9. The van der Waals surface area contributed by atoms with E-state index in [1.54, 1.807) is 24.3 Å². The van der Waals surface area contributed by atoms with Crippen molar-refractivity contribution in [3.8, 4) is 5.88 Å². The van der Waals surface area contributed by atoms with Crippen molar-refractivity contribution in [1.29, 1.82) is 0 Å². The van der Waals surface area contributed by atoms with E-state index in [0.717, 1.165) is 28.2 Å². The predicted molar refractivity (Wildman–Crippen MR) is 124 cm³/mol. The molecule has 0 unspecified atom stereocenters. The van der Waals surface area contributed by atoms with Crippen molar-refractivity contribution in [1.82, 2.24) is 10.3 Å². The third-order valence-corrected chi connectivity index (χ3v) is 5.70. The SMILES string of the molecule is CCCC[C@@H](CC)CNC(=O)c1ccc(N=Nc2c(O)[nH]c3ccc(Br)cc23)cc1. The van der Waals surface area contributed by atoms with Crippen molar-refractivity contribution >= 4 is 44.1 Å². The van der Waals surface area contributed by atoms with Gasteiger partial charge >= 0.3 is 0 Å². The number of aromatic amines is 1. The molecule has 0 radical (unpaired) electrons. The number of carbonyl (C=O) groups excluding carboxylic acids is 1. The van der Waals surface area contributed by atoms with Crippen molar-refractivity contribution in [2.45, 2.75) is 39.5 Å². The highest BCUT2D eigenvalue weighted by Crippen LogP contribution is 2.37. The number of carbonyl (C=O) groups is 1. The van der Waals surface area contributed by atoms with E-state index < -0.39 is 0 Å². The van der Waals surface area contributed by atoms with Crippen LogP contribution in [0.2, 0.25) is 0 Å². The smallest absolute Gasteiger partial charge is 0.251 e. The molecule has 0 saturated heterocycles. The number of benzene rings is 2. The van der Waals surface area contributed by atoms with Crippen LogP contribution in [0, 0.1) is 5.92 Å². The van der Waals surface area contributed by atoms with Gasteiger partial charge in [-0.15, -0.1) is 5.11 Å². The molecule has 0 aliphatic heterocycles. The Labute approximate surface area is 184 Å². The molecule has 158 valence electrons. The molecule has 0 fully saturated rings. The van der Waals surface area contributed by atoms with Gasteiger partial charge in [0.2, 0.25) is 5.88 Å². The Balaban J connectivity index is 1.65. The van der Waals surface area contributed by atoms with Crippen LogP contribution in [0.1, 0.15) is 49.9 Å². The zero-order chi connectivity index (χ0) is 21.5. The Kier molecular flexibility index (Phi) is 7.63. The minimum absolute atomic E-state index is 0.0311. The maximum absolute atomic E-state index is 12.4. The van der Waals surface area contributed by atoms with E-state index in [9.17, 15) is 9.90 Å². The minimum Gasteiger partial charge on any atom is -0.493 e. The standard InChI is InChI=1S/C23H27BrN4O2/c1-3-5-6-15(4-2)14-25-22(29)16-7-10-18(11-8-16)27-28-21-19-13-17(24)9-12-20(19)26-23(21)30/h7-13,15,26,30H,3-6,14H2,1-2H3,(H,25,29)/t15-/m1/s1. The van der Waals surface area contributed by atoms with Gasteiger partial charge in [-0.05, 0) is 54.8 Å². The fourth-order valence-corrected chi connectivity index (χ4v) is 3.67. The molecular formula is C23H27BrN4O2. The van der Waals surface area contributed by atoms with Gasteiger partial charge in [-0.2, -0.15) is 5.11 Å². The van der Waals surface area contributed by atoms with Crippen molar-refractivity contribution in [2.24, 2.45) is 16.1 Å². The Morgan fingerprint density at radius 1 is 1.17 bits per heavy atom. The van der Waals surface area contributed by atoms with Gasteiger partial charge in [0.25, 0.3) is 5.91 Å². The molecule has 7 heteroatoms. The van der Waals surface area contributed by atoms with Crippen molar-refractivity contribution in [3.63, 3.8) is 0 Å². The van der Waals surface area contributed by atoms with Crippen LogP contribution < -0.4 is 5.32 Å². The Hall–Kier alpha value is -2.67. The first-order chi connectivity index (χ1) is 14.5. The summed E-state index contributed by atoms with van der Waals surface area (Å²) in [5.74, 6) is 0.412. The molecule has 30 heavy (non-hydrogen) atoms. The normalized spacial score (nSPS) is 12.5. The molecular weight excluding hydrogens is 444 g/mol. The van der Waals surface area contributed by atoms with Crippen LogP contribution >= 0.6 is 15.9 Å². The summed E-state index contributed by atoms with van der Waals surface area (Å²) in [5, 5.41) is 22.3. The zero-order valence-corrected chi connectivity index (χ0v) is 18.9. The first kappa shape index (κ1) is 22.0. The number of fused-ring (bicyclic) bond motifs is 1. The maximum Gasteiger partial charge on any atom is 0.251 e. The third kappa shape index (κ3) is 5.48. The molecule has 0 bridgehead atoms. The van der Waals surface area contributed by atoms with E-state index in [-0.39, 0.29) is 11.8 Å². The number of hydrogen-bond donors (Lipinski definition) is 3. The van der Waals surface area contributed by atoms with Crippen LogP contribution in [-0.2, 0) is 0 Å². The lowest BCUT2D eigenvalue weighted by Gasteiger charge is -2.15. The van der Waals surface area contributed by atoms with Crippen molar-refractivity contribution in [2.75, 3.05) is 6.54 Å². The first-order valence-corrected chi connectivity index (χ1v) is 11.1. The Bertz CT molecular complexity index is 1030. The second kappa shape index (κ2) is 10.4. The van der Waals surface area contributed by atoms with E-state index in [4.69, 9.17) is 0 Å². The summed E-state index contributed by atoms with van der Waals surface area (Å²) in [6.07, 6.45) is 4.58. The lowest BCUT2D eigenvalue weighted by Crippen LogP contribution is -2.29. The fourth-order valence-electron chi connectivity index (χ4n) is 3.31. The first-order valence-electron chi connectivity index (χ1n) is 10.3. The predicted octanol–water partition coefficient (Wildman–Crippen LogP) is 7.00. The number of aromatic hydroxyl groups is 1. The van der Waals surface area contributed by atoms with Crippen LogP contribution in [0.3, 0.4) is 0 Å². The number of H-pyrrole nitrogens is 1. The summed E-state index contributed by atoms with van der Waals surface area (Å²) in [6.45, 7) is 5.05. The summed E-state index contributed by atoms with van der Waals surface area (Å²) >= 11 is 3.43. The number of halogens is 1. The molecule has 0 saturated carbocycles. The van der Waals surface area contributed by atoms with Crippen LogP contribution in [0.4, 0.5) is 11.4 Å². The highest BCUT2D eigenvalue weighted by Gasteiger charge is 2.12. The number of amides is 1. The lowest BCUT2D eigenvalue weighted by atomic mass is 9.99. The molecule has 1 atom stereocenters. The summed E-state index contributed by atoms with van der Waals surface area (Å²) in [5.41, 5.74) is 2.36. The van der Waals surface area contributed by atoms with Crippen LogP contribution in [-0.4, -0.2) is 22.5 Å². The van der Waals surface area contributed by atoms with E-state index in [0.29, 0.717) is 29.4 Å². The van der Waals surface area contributed by atoms with Gasteiger partial charge < -0.3 is 15.4 Å². The largest absolute Gasteiger partial charge is 0.493 e. The zero-order valence-electron chi connectivity index (χ0n) is 17.3. The van der Waals surface area contributed by atoms with Gasteiger partial charge in [-0.3, -0.25) is 4.79 Å². The number of unbranched alkanes of at least 4 members (excludes halogenated alkanes) is 1. The lowest BCUT2D eigenvalue weighted by molar-refractivity contribution is 0.0946. The minimum atomic E-state index is -0.0763. The number of azo groups is 1. The third-order valence-electron chi connectivity index (χ3n) is 5.20. The molecule has 3 N–H and O–H groups in total. The Morgan fingerprint density at radius 3 is 2.63 bits per heavy atom.